The zero-order valence-corrected chi connectivity index (χ0v) is 11.0. The Morgan fingerprint density at radius 3 is 2.57 bits per heavy atom. The maximum Gasteiger partial charge on any atom is 0.328 e. The van der Waals surface area contributed by atoms with E-state index in [1.807, 2.05) is 0 Å². The quantitative estimate of drug-likeness (QED) is 0.619. The van der Waals surface area contributed by atoms with E-state index in [1.165, 1.54) is 23.1 Å². The van der Waals surface area contributed by atoms with Crippen molar-refractivity contribution < 1.29 is 23.9 Å². The monoisotopic (exact) mass is 292 g/mol. The van der Waals surface area contributed by atoms with E-state index in [1.54, 1.807) is 6.07 Å². The fourth-order valence-corrected chi connectivity index (χ4v) is 2.01. The normalized spacial score (nSPS) is 16.2. The van der Waals surface area contributed by atoms with Gasteiger partial charge in [0.15, 0.2) is 0 Å². The molecule has 1 aliphatic rings. The van der Waals surface area contributed by atoms with Crippen LogP contribution in [0.25, 0.3) is 6.08 Å². The van der Waals surface area contributed by atoms with Crippen molar-refractivity contribution >= 4 is 23.9 Å². The summed E-state index contributed by atoms with van der Waals surface area (Å²) >= 11 is 0. The molecular formula is C14H13FN2O4. The lowest BCUT2D eigenvalue weighted by atomic mass is 10.1. The predicted octanol–water partition coefficient (Wildman–Crippen LogP) is 0.382. The molecule has 21 heavy (non-hydrogen) atoms. The van der Waals surface area contributed by atoms with Crippen LogP contribution in [-0.2, 0) is 20.9 Å². The molecule has 0 atom stereocenters. The Labute approximate surface area is 119 Å². The standard InChI is InChI=1S/C14H13FN2O4/c15-11-5-9(2-4-14(20)21)1-3-10(11)6-17-7-12(18)16-13(19)8-17/h1-5H,6-8H2,(H,20,21)(H,16,18,19). The van der Waals surface area contributed by atoms with Crippen LogP contribution in [0, 0.1) is 5.82 Å². The number of hydrogen-bond donors (Lipinski definition) is 2. The topological polar surface area (TPSA) is 86.7 Å². The lowest BCUT2D eigenvalue weighted by Crippen LogP contribution is -2.50. The van der Waals surface area contributed by atoms with Gasteiger partial charge in [0.25, 0.3) is 0 Å². The molecule has 0 saturated carbocycles. The number of piperazine rings is 1. The van der Waals surface area contributed by atoms with E-state index in [0.717, 1.165) is 6.08 Å². The van der Waals surface area contributed by atoms with Crippen molar-refractivity contribution in [3.05, 3.63) is 41.2 Å². The summed E-state index contributed by atoms with van der Waals surface area (Å²) in [4.78, 5) is 34.4. The van der Waals surface area contributed by atoms with Gasteiger partial charge in [0, 0.05) is 18.2 Å². The minimum absolute atomic E-state index is 0.0336. The summed E-state index contributed by atoms with van der Waals surface area (Å²) in [5.41, 5.74) is 0.760. The number of nitrogens with one attached hydrogen (secondary N) is 1. The van der Waals surface area contributed by atoms with E-state index < -0.39 is 23.6 Å². The Morgan fingerprint density at radius 2 is 2.00 bits per heavy atom. The van der Waals surface area contributed by atoms with Crippen LogP contribution in [-0.4, -0.2) is 40.9 Å². The number of carboxylic acids is 1. The van der Waals surface area contributed by atoms with Gasteiger partial charge in [-0.3, -0.25) is 19.8 Å². The van der Waals surface area contributed by atoms with Gasteiger partial charge in [-0.15, -0.1) is 0 Å². The van der Waals surface area contributed by atoms with Crippen LogP contribution in [0.2, 0.25) is 0 Å². The maximum absolute atomic E-state index is 13.9. The third-order valence-corrected chi connectivity index (χ3v) is 2.90. The average Bonchev–Trinajstić information content (AvgIpc) is 2.38. The Balaban J connectivity index is 2.09. The lowest BCUT2D eigenvalue weighted by Gasteiger charge is -2.25. The molecule has 110 valence electrons. The summed E-state index contributed by atoms with van der Waals surface area (Å²) in [6.07, 6.45) is 2.20. The number of imide groups is 1. The number of carbonyl (C=O) groups is 3. The van der Waals surface area contributed by atoms with Crippen molar-refractivity contribution in [3.8, 4) is 0 Å². The minimum Gasteiger partial charge on any atom is -0.478 e. The highest BCUT2D eigenvalue weighted by Crippen LogP contribution is 2.14. The van der Waals surface area contributed by atoms with E-state index in [0.29, 0.717) is 11.1 Å². The highest BCUT2D eigenvalue weighted by atomic mass is 19.1. The second kappa shape index (κ2) is 6.27. The SMILES string of the molecule is O=C(O)C=Cc1ccc(CN2CC(=O)NC(=O)C2)c(F)c1. The molecule has 0 unspecified atom stereocenters. The number of aliphatic carboxylic acids is 1. The molecule has 2 N–H and O–H groups in total. The number of benzene rings is 1. The van der Waals surface area contributed by atoms with Crippen LogP contribution in [0.5, 0.6) is 0 Å². The number of carboxylic acid groups (broad SMARTS) is 1. The summed E-state index contributed by atoms with van der Waals surface area (Å²) in [5.74, 6) is -2.45. The lowest BCUT2D eigenvalue weighted by molar-refractivity contribution is -0.136. The Bertz CT molecular complexity index is 611. The molecule has 1 aromatic rings. The third kappa shape index (κ3) is 4.22. The number of nitrogens with zero attached hydrogens (tertiary/aromatic N) is 1. The van der Waals surface area contributed by atoms with Crippen molar-refractivity contribution in [2.24, 2.45) is 0 Å². The molecule has 0 bridgehead atoms. The van der Waals surface area contributed by atoms with Gasteiger partial charge in [-0.2, -0.15) is 0 Å². The van der Waals surface area contributed by atoms with Gasteiger partial charge in [-0.05, 0) is 17.7 Å². The number of halogens is 1. The van der Waals surface area contributed by atoms with Gasteiger partial charge in [0.2, 0.25) is 11.8 Å². The third-order valence-electron chi connectivity index (χ3n) is 2.90. The van der Waals surface area contributed by atoms with Crippen molar-refractivity contribution in [1.29, 1.82) is 0 Å². The van der Waals surface area contributed by atoms with E-state index in [2.05, 4.69) is 5.32 Å². The van der Waals surface area contributed by atoms with Gasteiger partial charge in [0.1, 0.15) is 5.82 Å². The summed E-state index contributed by atoms with van der Waals surface area (Å²) in [6, 6.07) is 4.29. The molecule has 6 nitrogen and oxygen atoms in total. The van der Waals surface area contributed by atoms with Crippen molar-refractivity contribution in [3.63, 3.8) is 0 Å². The molecule has 2 amide bonds. The van der Waals surface area contributed by atoms with E-state index >= 15 is 0 Å². The largest absolute Gasteiger partial charge is 0.478 e. The highest BCUT2D eigenvalue weighted by Gasteiger charge is 2.23. The van der Waals surface area contributed by atoms with Crippen LogP contribution in [0.4, 0.5) is 4.39 Å². The Hall–Kier alpha value is -2.54. The fraction of sp³-hybridized carbons (Fsp3) is 0.214. The number of carbonyl (C=O) groups excluding carboxylic acids is 2. The van der Waals surface area contributed by atoms with Crippen molar-refractivity contribution in [2.45, 2.75) is 6.54 Å². The Kier molecular flexibility index (Phi) is 4.44. The van der Waals surface area contributed by atoms with Crippen LogP contribution in [0.1, 0.15) is 11.1 Å². The van der Waals surface area contributed by atoms with Crippen LogP contribution >= 0.6 is 0 Å². The molecule has 1 aromatic carbocycles. The van der Waals surface area contributed by atoms with E-state index in [9.17, 15) is 18.8 Å². The zero-order chi connectivity index (χ0) is 15.4. The molecule has 0 aromatic heterocycles. The first-order valence-electron chi connectivity index (χ1n) is 6.18. The van der Waals surface area contributed by atoms with Gasteiger partial charge in [0.05, 0.1) is 13.1 Å². The number of rotatable bonds is 4. The van der Waals surface area contributed by atoms with E-state index in [-0.39, 0.29) is 19.6 Å². The molecule has 7 heteroatoms. The Morgan fingerprint density at radius 1 is 1.33 bits per heavy atom. The summed E-state index contributed by atoms with van der Waals surface area (Å²) in [5, 5.41) is 10.7. The van der Waals surface area contributed by atoms with Crippen molar-refractivity contribution in [2.75, 3.05) is 13.1 Å². The predicted molar refractivity (Wildman–Crippen MR) is 71.5 cm³/mol. The number of hydrogen-bond acceptors (Lipinski definition) is 4. The maximum atomic E-state index is 13.9. The molecule has 1 saturated heterocycles. The first-order valence-corrected chi connectivity index (χ1v) is 6.18. The molecule has 0 aliphatic carbocycles. The molecule has 1 heterocycles. The van der Waals surface area contributed by atoms with Crippen LogP contribution in [0.3, 0.4) is 0 Å². The van der Waals surface area contributed by atoms with Gasteiger partial charge >= 0.3 is 5.97 Å². The molecule has 0 radical (unpaired) electrons. The highest BCUT2D eigenvalue weighted by molar-refractivity contribution is 5.99. The first-order chi connectivity index (χ1) is 9.94. The summed E-state index contributed by atoms with van der Waals surface area (Å²) < 4.78 is 13.9. The first kappa shape index (κ1) is 14.9. The minimum atomic E-state index is -1.11. The average molecular weight is 292 g/mol. The van der Waals surface area contributed by atoms with Gasteiger partial charge in [-0.1, -0.05) is 12.1 Å². The van der Waals surface area contributed by atoms with Crippen LogP contribution in [0.15, 0.2) is 24.3 Å². The molecule has 1 aliphatic heterocycles. The van der Waals surface area contributed by atoms with Gasteiger partial charge in [-0.25, -0.2) is 9.18 Å². The zero-order valence-electron chi connectivity index (χ0n) is 11.0. The molecule has 2 rings (SSSR count). The smallest absolute Gasteiger partial charge is 0.328 e. The number of amides is 2. The molecule has 0 spiro atoms. The van der Waals surface area contributed by atoms with E-state index in [4.69, 9.17) is 5.11 Å². The van der Waals surface area contributed by atoms with Crippen molar-refractivity contribution in [1.82, 2.24) is 10.2 Å². The van der Waals surface area contributed by atoms with Gasteiger partial charge < -0.3 is 5.11 Å². The molecular weight excluding hydrogens is 279 g/mol. The second-order valence-corrected chi connectivity index (χ2v) is 4.64. The fourth-order valence-electron chi connectivity index (χ4n) is 2.01. The van der Waals surface area contributed by atoms with Crippen LogP contribution < -0.4 is 5.32 Å². The molecule has 1 fully saturated rings. The second-order valence-electron chi connectivity index (χ2n) is 4.64. The summed E-state index contributed by atoms with van der Waals surface area (Å²) in [7, 11) is 0. The summed E-state index contributed by atoms with van der Waals surface area (Å²) in [6.45, 7) is 0.200.